The Labute approximate surface area is 94.8 Å². The quantitative estimate of drug-likeness (QED) is 0.793. The minimum absolute atomic E-state index is 0.631. The Kier molecular flexibility index (Phi) is 2.92. The third kappa shape index (κ3) is 1.92. The van der Waals surface area contributed by atoms with Gasteiger partial charge in [0.1, 0.15) is 0 Å². The first-order valence-electron chi connectivity index (χ1n) is 5.13. The summed E-state index contributed by atoms with van der Waals surface area (Å²) in [5, 5.41) is 10.2. The minimum atomic E-state index is -0.734. The van der Waals surface area contributed by atoms with Crippen LogP contribution in [-0.4, -0.2) is 21.7 Å². The summed E-state index contributed by atoms with van der Waals surface area (Å²) in [6.45, 7) is 0. The number of aliphatic hydroxyl groups is 1. The van der Waals surface area contributed by atoms with Gasteiger partial charge < -0.3 is 14.6 Å². The smallest absolute Gasteiger partial charge is 0.186 e. The zero-order valence-electron chi connectivity index (χ0n) is 9.41. The maximum Gasteiger partial charge on any atom is 0.186 e. The molecule has 1 aromatic carbocycles. The Balaban J connectivity index is 2.23. The highest BCUT2D eigenvalue weighted by atomic mass is 16.3. The summed E-state index contributed by atoms with van der Waals surface area (Å²) >= 11 is 0. The van der Waals surface area contributed by atoms with Crippen LogP contribution >= 0.6 is 0 Å². The van der Waals surface area contributed by atoms with E-state index >= 15 is 0 Å². The van der Waals surface area contributed by atoms with E-state index in [0.29, 0.717) is 5.82 Å². The van der Waals surface area contributed by atoms with E-state index in [-0.39, 0.29) is 0 Å². The molecule has 1 atom stereocenters. The van der Waals surface area contributed by atoms with Gasteiger partial charge in [0.05, 0.1) is 0 Å². The second-order valence-corrected chi connectivity index (χ2v) is 3.72. The van der Waals surface area contributed by atoms with Crippen LogP contribution in [0.2, 0.25) is 0 Å². The van der Waals surface area contributed by atoms with Gasteiger partial charge in [-0.15, -0.1) is 0 Å². The highest BCUT2D eigenvalue weighted by Gasteiger charge is 2.17. The van der Waals surface area contributed by atoms with Crippen molar-refractivity contribution >= 4 is 5.69 Å². The molecule has 4 nitrogen and oxygen atoms in total. The van der Waals surface area contributed by atoms with Gasteiger partial charge >= 0.3 is 0 Å². The van der Waals surface area contributed by atoms with Gasteiger partial charge in [-0.3, -0.25) is 0 Å². The summed E-state index contributed by atoms with van der Waals surface area (Å²) < 4.78 is 1.81. The van der Waals surface area contributed by atoms with Crippen LogP contribution in [0.5, 0.6) is 0 Å². The Hall–Kier alpha value is -1.81. The molecule has 0 radical (unpaired) electrons. The molecular formula is C12H15N3O. The monoisotopic (exact) mass is 217 g/mol. The van der Waals surface area contributed by atoms with Crippen molar-refractivity contribution in [1.29, 1.82) is 0 Å². The lowest BCUT2D eigenvalue weighted by Gasteiger charge is -2.25. The van der Waals surface area contributed by atoms with E-state index in [0.717, 1.165) is 5.69 Å². The fourth-order valence-corrected chi connectivity index (χ4v) is 1.60. The first kappa shape index (κ1) is 10.7. The Morgan fingerprint density at radius 2 is 2.00 bits per heavy atom. The second kappa shape index (κ2) is 4.37. The molecule has 0 amide bonds. The normalized spacial score (nSPS) is 12.4. The summed E-state index contributed by atoms with van der Waals surface area (Å²) in [7, 11) is 3.71. The van der Waals surface area contributed by atoms with E-state index in [4.69, 9.17) is 0 Å². The summed E-state index contributed by atoms with van der Waals surface area (Å²) in [5.74, 6) is 0.631. The number of anilines is 1. The van der Waals surface area contributed by atoms with Gasteiger partial charge in [-0.1, -0.05) is 18.2 Å². The van der Waals surface area contributed by atoms with Gasteiger partial charge in [0.25, 0.3) is 0 Å². The lowest BCUT2D eigenvalue weighted by atomic mass is 10.3. The molecule has 0 spiro atoms. The standard InChI is InChI=1S/C12H15N3O/c1-14-9-8-13-11(14)12(16)15(2)10-6-4-3-5-7-10/h3-9,12,16H,1-2H3. The van der Waals surface area contributed by atoms with Crippen molar-refractivity contribution in [3.63, 3.8) is 0 Å². The Bertz CT molecular complexity index is 452. The number of imidazole rings is 1. The van der Waals surface area contributed by atoms with Crippen molar-refractivity contribution in [1.82, 2.24) is 9.55 Å². The van der Waals surface area contributed by atoms with Crippen molar-refractivity contribution in [2.45, 2.75) is 6.23 Å². The maximum atomic E-state index is 10.2. The summed E-state index contributed by atoms with van der Waals surface area (Å²) in [6, 6.07) is 9.73. The Morgan fingerprint density at radius 1 is 1.31 bits per heavy atom. The average molecular weight is 217 g/mol. The van der Waals surface area contributed by atoms with E-state index < -0.39 is 6.23 Å². The largest absolute Gasteiger partial charge is 0.367 e. The molecule has 2 rings (SSSR count). The molecule has 1 N–H and O–H groups in total. The number of para-hydroxylation sites is 1. The third-order valence-electron chi connectivity index (χ3n) is 2.62. The van der Waals surface area contributed by atoms with Crippen LogP contribution in [0.3, 0.4) is 0 Å². The lowest BCUT2D eigenvalue weighted by Crippen LogP contribution is -2.26. The summed E-state index contributed by atoms with van der Waals surface area (Å²) in [4.78, 5) is 5.91. The van der Waals surface area contributed by atoms with E-state index in [1.54, 1.807) is 11.1 Å². The SMILES string of the molecule is CN(c1ccccc1)C(O)c1nccn1C. The van der Waals surface area contributed by atoms with Crippen LogP contribution in [0.1, 0.15) is 12.1 Å². The summed E-state index contributed by atoms with van der Waals surface area (Å²) in [5.41, 5.74) is 0.956. The topological polar surface area (TPSA) is 41.3 Å². The molecular weight excluding hydrogens is 202 g/mol. The zero-order valence-corrected chi connectivity index (χ0v) is 9.41. The van der Waals surface area contributed by atoms with Crippen molar-refractivity contribution in [2.75, 3.05) is 11.9 Å². The number of nitrogens with zero attached hydrogens (tertiary/aromatic N) is 3. The molecule has 2 aromatic rings. The number of hydrogen-bond acceptors (Lipinski definition) is 3. The molecule has 0 fully saturated rings. The van der Waals surface area contributed by atoms with Gasteiger partial charge in [0.15, 0.2) is 12.1 Å². The molecule has 0 aliphatic carbocycles. The van der Waals surface area contributed by atoms with Gasteiger partial charge in [-0.05, 0) is 12.1 Å². The van der Waals surface area contributed by atoms with E-state index in [9.17, 15) is 5.11 Å². The second-order valence-electron chi connectivity index (χ2n) is 3.72. The van der Waals surface area contributed by atoms with Crippen LogP contribution < -0.4 is 4.90 Å². The van der Waals surface area contributed by atoms with Crippen molar-refractivity contribution in [3.05, 3.63) is 48.5 Å². The Morgan fingerprint density at radius 3 is 2.56 bits per heavy atom. The van der Waals surface area contributed by atoms with Crippen LogP contribution in [0.25, 0.3) is 0 Å². The van der Waals surface area contributed by atoms with Gasteiger partial charge in [0.2, 0.25) is 0 Å². The molecule has 0 aliphatic heterocycles. The third-order valence-corrected chi connectivity index (χ3v) is 2.62. The van der Waals surface area contributed by atoms with Crippen molar-refractivity contribution in [2.24, 2.45) is 7.05 Å². The van der Waals surface area contributed by atoms with Gasteiger partial charge in [-0.2, -0.15) is 0 Å². The fourth-order valence-electron chi connectivity index (χ4n) is 1.60. The van der Waals surface area contributed by atoms with Crippen LogP contribution in [-0.2, 0) is 7.05 Å². The molecule has 0 saturated carbocycles. The highest BCUT2D eigenvalue weighted by molar-refractivity contribution is 5.46. The highest BCUT2D eigenvalue weighted by Crippen LogP contribution is 2.21. The number of rotatable bonds is 3. The van der Waals surface area contributed by atoms with Gasteiger partial charge in [0, 0.05) is 32.2 Å². The van der Waals surface area contributed by atoms with Crippen LogP contribution in [0.4, 0.5) is 5.69 Å². The van der Waals surface area contributed by atoms with Crippen LogP contribution in [0.15, 0.2) is 42.7 Å². The average Bonchev–Trinajstić information content (AvgIpc) is 2.75. The maximum absolute atomic E-state index is 10.2. The number of aromatic nitrogens is 2. The molecule has 4 heteroatoms. The number of benzene rings is 1. The van der Waals surface area contributed by atoms with Crippen molar-refractivity contribution in [3.8, 4) is 0 Å². The predicted octanol–water partition coefficient (Wildman–Crippen LogP) is 1.55. The molecule has 0 bridgehead atoms. The lowest BCUT2D eigenvalue weighted by molar-refractivity contribution is 0.165. The first-order chi connectivity index (χ1) is 7.70. The number of aryl methyl sites for hydroxylation is 1. The molecule has 16 heavy (non-hydrogen) atoms. The van der Waals surface area contributed by atoms with Gasteiger partial charge in [-0.25, -0.2) is 4.98 Å². The predicted molar refractivity (Wildman–Crippen MR) is 63.0 cm³/mol. The minimum Gasteiger partial charge on any atom is -0.367 e. The molecule has 0 saturated heterocycles. The molecule has 1 aromatic heterocycles. The first-order valence-corrected chi connectivity index (χ1v) is 5.13. The molecule has 1 unspecified atom stereocenters. The number of aliphatic hydroxyl groups excluding tert-OH is 1. The summed E-state index contributed by atoms with van der Waals surface area (Å²) in [6.07, 6.45) is 2.76. The van der Waals surface area contributed by atoms with E-state index in [2.05, 4.69) is 4.98 Å². The molecule has 84 valence electrons. The van der Waals surface area contributed by atoms with Crippen molar-refractivity contribution < 1.29 is 5.11 Å². The van der Waals surface area contributed by atoms with E-state index in [1.165, 1.54) is 0 Å². The number of hydrogen-bond donors (Lipinski definition) is 1. The molecule has 0 aliphatic rings. The van der Waals surface area contributed by atoms with E-state index in [1.807, 2.05) is 55.2 Å². The fraction of sp³-hybridized carbons (Fsp3) is 0.250. The zero-order chi connectivity index (χ0) is 11.5. The molecule has 1 heterocycles. The van der Waals surface area contributed by atoms with Crippen LogP contribution in [0, 0.1) is 0 Å².